The van der Waals surface area contributed by atoms with Gasteiger partial charge in [-0.1, -0.05) is 28.1 Å². The fourth-order valence-electron chi connectivity index (χ4n) is 1.91. The van der Waals surface area contributed by atoms with Gasteiger partial charge in [-0.25, -0.2) is 4.79 Å². The zero-order valence-corrected chi connectivity index (χ0v) is 13.9. The first-order valence-corrected chi connectivity index (χ1v) is 7.51. The molecule has 0 atom stereocenters. The maximum Gasteiger partial charge on any atom is 0.341 e. The highest BCUT2D eigenvalue weighted by Crippen LogP contribution is 2.25. The average molecular weight is 362 g/mol. The first-order chi connectivity index (χ1) is 10.5. The van der Waals surface area contributed by atoms with Crippen molar-refractivity contribution in [2.24, 2.45) is 4.99 Å². The lowest BCUT2D eigenvalue weighted by atomic mass is 10.1. The number of rotatable bonds is 5. The highest BCUT2D eigenvalue weighted by atomic mass is 79.9. The summed E-state index contributed by atoms with van der Waals surface area (Å²) in [7, 11) is 0. The number of benzene rings is 2. The third-order valence-corrected chi connectivity index (χ3v) is 3.73. The Morgan fingerprint density at radius 3 is 2.82 bits per heavy atom. The van der Waals surface area contributed by atoms with Crippen LogP contribution in [0.2, 0.25) is 0 Å². The van der Waals surface area contributed by atoms with Crippen LogP contribution in [0, 0.1) is 13.8 Å². The van der Waals surface area contributed by atoms with E-state index in [0.29, 0.717) is 5.75 Å². The van der Waals surface area contributed by atoms with Crippen molar-refractivity contribution in [2.75, 3.05) is 6.61 Å². The molecule has 2 aromatic carbocycles. The fourth-order valence-corrected chi connectivity index (χ4v) is 2.28. The van der Waals surface area contributed by atoms with Crippen molar-refractivity contribution in [1.29, 1.82) is 0 Å². The Morgan fingerprint density at radius 2 is 2.09 bits per heavy atom. The molecule has 0 spiro atoms. The predicted octanol–water partition coefficient (Wildman–Crippen LogP) is 4.28. The van der Waals surface area contributed by atoms with E-state index in [4.69, 9.17) is 9.84 Å². The van der Waals surface area contributed by atoms with E-state index in [1.165, 1.54) is 5.56 Å². The van der Waals surface area contributed by atoms with Crippen LogP contribution in [0.3, 0.4) is 0 Å². The molecule has 0 radical (unpaired) electrons. The minimum Gasteiger partial charge on any atom is -0.481 e. The summed E-state index contributed by atoms with van der Waals surface area (Å²) in [4.78, 5) is 15.1. The van der Waals surface area contributed by atoms with E-state index in [9.17, 15) is 4.79 Å². The molecule has 0 saturated heterocycles. The van der Waals surface area contributed by atoms with Crippen molar-refractivity contribution in [3.05, 3.63) is 57.6 Å². The molecule has 0 unspecified atom stereocenters. The Balaban J connectivity index is 2.31. The number of hydrogen-bond acceptors (Lipinski definition) is 3. The van der Waals surface area contributed by atoms with E-state index in [1.807, 2.05) is 38.1 Å². The van der Waals surface area contributed by atoms with Gasteiger partial charge in [0.15, 0.2) is 6.61 Å². The summed E-state index contributed by atoms with van der Waals surface area (Å²) in [6.07, 6.45) is 1.68. The number of aliphatic imine (C=N–C) groups is 1. The van der Waals surface area contributed by atoms with Crippen LogP contribution in [0.4, 0.5) is 5.69 Å². The second-order valence-electron chi connectivity index (χ2n) is 4.84. The second-order valence-corrected chi connectivity index (χ2v) is 5.76. The number of aliphatic carboxylic acids is 1. The van der Waals surface area contributed by atoms with E-state index < -0.39 is 5.97 Å². The number of aryl methyl sites for hydroxylation is 1. The highest BCUT2D eigenvalue weighted by Gasteiger charge is 2.06. The van der Waals surface area contributed by atoms with Crippen LogP contribution in [-0.4, -0.2) is 23.9 Å². The number of carboxylic acids is 1. The van der Waals surface area contributed by atoms with Crippen LogP contribution < -0.4 is 4.74 Å². The molecule has 0 aliphatic carbocycles. The van der Waals surface area contributed by atoms with Crippen LogP contribution in [0.1, 0.15) is 16.7 Å². The molecular weight excluding hydrogens is 346 g/mol. The van der Waals surface area contributed by atoms with E-state index in [1.54, 1.807) is 18.3 Å². The molecule has 0 heterocycles. The van der Waals surface area contributed by atoms with Gasteiger partial charge in [-0.05, 0) is 49.2 Å². The molecular formula is C17H16BrNO3. The number of carboxylic acid groups (broad SMARTS) is 1. The van der Waals surface area contributed by atoms with Gasteiger partial charge < -0.3 is 9.84 Å². The first-order valence-electron chi connectivity index (χ1n) is 6.72. The molecule has 114 valence electrons. The lowest BCUT2D eigenvalue weighted by Gasteiger charge is -2.08. The number of ether oxygens (including phenoxy) is 1. The summed E-state index contributed by atoms with van der Waals surface area (Å²) in [5.74, 6) is -0.528. The lowest BCUT2D eigenvalue weighted by Crippen LogP contribution is -2.10. The molecule has 22 heavy (non-hydrogen) atoms. The van der Waals surface area contributed by atoms with Gasteiger partial charge in [0, 0.05) is 16.3 Å². The monoisotopic (exact) mass is 361 g/mol. The normalized spacial score (nSPS) is 10.9. The van der Waals surface area contributed by atoms with Crippen molar-refractivity contribution in [3.63, 3.8) is 0 Å². The number of nitrogens with zero attached hydrogens (tertiary/aromatic N) is 1. The SMILES string of the molecule is Cc1cccc(N=Cc2cc(Br)ccc2OCC(=O)O)c1C. The summed E-state index contributed by atoms with van der Waals surface area (Å²) < 4.78 is 6.16. The maximum absolute atomic E-state index is 10.6. The van der Waals surface area contributed by atoms with Gasteiger partial charge in [-0.15, -0.1) is 0 Å². The molecule has 2 rings (SSSR count). The van der Waals surface area contributed by atoms with Crippen LogP contribution in [0.5, 0.6) is 5.75 Å². The molecule has 2 aromatic rings. The molecule has 1 N–H and O–H groups in total. The van der Waals surface area contributed by atoms with E-state index in [2.05, 4.69) is 20.9 Å². The Hall–Kier alpha value is -2.14. The molecule has 0 bridgehead atoms. The van der Waals surface area contributed by atoms with E-state index in [-0.39, 0.29) is 6.61 Å². The molecule has 0 saturated carbocycles. The molecule has 0 aromatic heterocycles. The largest absolute Gasteiger partial charge is 0.481 e. The maximum atomic E-state index is 10.6. The van der Waals surface area contributed by atoms with Gasteiger partial charge in [-0.2, -0.15) is 0 Å². The van der Waals surface area contributed by atoms with Crippen molar-refractivity contribution in [2.45, 2.75) is 13.8 Å². The summed E-state index contributed by atoms with van der Waals surface area (Å²) in [5.41, 5.74) is 3.88. The molecule has 0 fully saturated rings. The number of carbonyl (C=O) groups is 1. The molecule has 4 nitrogen and oxygen atoms in total. The minimum atomic E-state index is -1.01. The zero-order valence-electron chi connectivity index (χ0n) is 12.3. The molecule has 0 aliphatic rings. The Bertz CT molecular complexity index is 726. The Labute approximate surface area is 137 Å². The number of halogens is 1. The Kier molecular flexibility index (Phi) is 5.33. The smallest absolute Gasteiger partial charge is 0.341 e. The first kappa shape index (κ1) is 16.2. The van der Waals surface area contributed by atoms with Crippen molar-refractivity contribution >= 4 is 33.8 Å². The van der Waals surface area contributed by atoms with Crippen molar-refractivity contribution < 1.29 is 14.6 Å². The van der Waals surface area contributed by atoms with E-state index in [0.717, 1.165) is 21.3 Å². The van der Waals surface area contributed by atoms with Crippen LogP contribution >= 0.6 is 15.9 Å². The lowest BCUT2D eigenvalue weighted by molar-refractivity contribution is -0.139. The summed E-state index contributed by atoms with van der Waals surface area (Å²) in [6.45, 7) is 3.67. The van der Waals surface area contributed by atoms with Crippen LogP contribution in [0.25, 0.3) is 0 Å². The average Bonchev–Trinajstić information content (AvgIpc) is 2.47. The van der Waals surface area contributed by atoms with Crippen molar-refractivity contribution in [1.82, 2.24) is 0 Å². The van der Waals surface area contributed by atoms with Gasteiger partial charge in [0.25, 0.3) is 0 Å². The van der Waals surface area contributed by atoms with Crippen molar-refractivity contribution in [3.8, 4) is 5.75 Å². The van der Waals surface area contributed by atoms with Crippen LogP contribution in [-0.2, 0) is 4.79 Å². The minimum absolute atomic E-state index is 0.383. The van der Waals surface area contributed by atoms with E-state index >= 15 is 0 Å². The molecule has 0 aliphatic heterocycles. The summed E-state index contributed by atoms with van der Waals surface area (Å²) in [6, 6.07) is 11.3. The van der Waals surface area contributed by atoms with Gasteiger partial charge in [-0.3, -0.25) is 4.99 Å². The highest BCUT2D eigenvalue weighted by molar-refractivity contribution is 9.10. The molecule has 5 heteroatoms. The third-order valence-electron chi connectivity index (χ3n) is 3.24. The molecule has 0 amide bonds. The quantitative estimate of drug-likeness (QED) is 0.808. The number of hydrogen-bond donors (Lipinski definition) is 1. The van der Waals surface area contributed by atoms with Gasteiger partial charge in [0.2, 0.25) is 0 Å². The standard InChI is InChI=1S/C17H16BrNO3/c1-11-4-3-5-15(12(11)2)19-9-13-8-14(18)6-7-16(13)22-10-17(20)21/h3-9H,10H2,1-2H3,(H,20,21). The van der Waals surface area contributed by atoms with Gasteiger partial charge in [0.05, 0.1) is 5.69 Å². The second kappa shape index (κ2) is 7.22. The fraction of sp³-hybridized carbons (Fsp3) is 0.176. The van der Waals surface area contributed by atoms with Gasteiger partial charge in [0.1, 0.15) is 5.75 Å². The van der Waals surface area contributed by atoms with Gasteiger partial charge >= 0.3 is 5.97 Å². The topological polar surface area (TPSA) is 58.9 Å². The third kappa shape index (κ3) is 4.18. The Morgan fingerprint density at radius 1 is 1.32 bits per heavy atom. The summed E-state index contributed by atoms with van der Waals surface area (Å²) in [5, 5.41) is 8.73. The predicted molar refractivity (Wildman–Crippen MR) is 90.4 cm³/mol. The zero-order chi connectivity index (χ0) is 16.1. The summed E-state index contributed by atoms with van der Waals surface area (Å²) >= 11 is 3.40. The van der Waals surface area contributed by atoms with Crippen LogP contribution in [0.15, 0.2) is 45.9 Å².